The van der Waals surface area contributed by atoms with Gasteiger partial charge in [0.05, 0.1) is 11.0 Å². The second-order valence-corrected chi connectivity index (χ2v) is 18.6. The Labute approximate surface area is 327 Å². The summed E-state index contributed by atoms with van der Waals surface area (Å²) >= 11 is 0. The zero-order chi connectivity index (χ0) is 37.1. The van der Waals surface area contributed by atoms with Crippen LogP contribution in [0.15, 0.2) is 224 Å². The molecule has 0 bridgehead atoms. The molecule has 11 rings (SSSR count). The monoisotopic (exact) mass is 727 g/mol. The highest BCUT2D eigenvalue weighted by Crippen LogP contribution is 2.36. The van der Waals surface area contributed by atoms with E-state index in [2.05, 4.69) is 229 Å². The Kier molecular flexibility index (Phi) is 7.58. The average molecular weight is 728 g/mol. The van der Waals surface area contributed by atoms with E-state index in [9.17, 15) is 0 Å². The minimum atomic E-state index is -2.98. The fourth-order valence-corrected chi connectivity index (χ4v) is 14.2. The molecule has 1 heterocycles. The maximum absolute atomic E-state index is 2.98. The Morgan fingerprint density at radius 3 is 1.30 bits per heavy atom. The molecule has 11 aromatic rings. The van der Waals surface area contributed by atoms with Gasteiger partial charge in [-0.3, -0.25) is 0 Å². The van der Waals surface area contributed by atoms with E-state index in [1.54, 1.807) is 0 Å². The van der Waals surface area contributed by atoms with E-state index in [0.29, 0.717) is 0 Å². The minimum absolute atomic E-state index is 1.17. The summed E-state index contributed by atoms with van der Waals surface area (Å²) < 4.78 is 2.42. The molecular weight excluding hydrogens is 691 g/mol. The van der Waals surface area contributed by atoms with Crippen molar-refractivity contribution >= 4 is 82.9 Å². The third-order valence-corrected chi connectivity index (χ3v) is 16.7. The topological polar surface area (TPSA) is 4.93 Å². The van der Waals surface area contributed by atoms with Crippen LogP contribution in [0.25, 0.3) is 70.9 Å². The molecule has 1 unspecified atom stereocenters. The summed E-state index contributed by atoms with van der Waals surface area (Å²) in [4.78, 5) is 0. The number of nitrogens with zero attached hydrogens (tertiary/aromatic N) is 1. The van der Waals surface area contributed by atoms with Crippen molar-refractivity contribution < 1.29 is 0 Å². The van der Waals surface area contributed by atoms with Crippen LogP contribution in [0, 0.1) is 0 Å². The third-order valence-electron chi connectivity index (χ3n) is 11.9. The average Bonchev–Trinajstić information content (AvgIpc) is 3.62. The van der Waals surface area contributed by atoms with E-state index in [4.69, 9.17) is 0 Å². The highest BCUT2D eigenvalue weighted by Gasteiger charge is 2.42. The minimum Gasteiger partial charge on any atom is -0.309 e. The van der Waals surface area contributed by atoms with Crippen LogP contribution < -0.4 is 20.7 Å². The van der Waals surface area contributed by atoms with Crippen LogP contribution in [0.1, 0.15) is 0 Å². The summed E-state index contributed by atoms with van der Waals surface area (Å²) in [6.45, 7) is 0. The summed E-state index contributed by atoms with van der Waals surface area (Å²) in [6.07, 6.45) is 0. The van der Waals surface area contributed by atoms with Gasteiger partial charge in [-0.05, 0) is 88.5 Å². The van der Waals surface area contributed by atoms with Crippen molar-refractivity contribution in [1.82, 2.24) is 4.57 Å². The van der Waals surface area contributed by atoms with Crippen molar-refractivity contribution in [2.45, 2.75) is 0 Å². The van der Waals surface area contributed by atoms with Crippen LogP contribution in [0.2, 0.25) is 0 Å². The van der Waals surface area contributed by atoms with Crippen molar-refractivity contribution in [2.24, 2.45) is 0 Å². The Hall–Kier alpha value is -7.00. The van der Waals surface area contributed by atoms with Gasteiger partial charge in [-0.15, -0.1) is 0 Å². The smallest absolute Gasteiger partial charge is 0.179 e. The fraction of sp³-hybridized carbons (Fsp3) is 0. The first-order chi connectivity index (χ1) is 27.8. The van der Waals surface area contributed by atoms with Gasteiger partial charge in [0.15, 0.2) is 8.07 Å². The molecule has 1 aromatic heterocycles. The number of benzene rings is 10. The fourth-order valence-electron chi connectivity index (χ4n) is 9.43. The third kappa shape index (κ3) is 4.93. The Bertz CT molecular complexity index is 3190. The number of hydrogen-bond acceptors (Lipinski definition) is 0. The lowest BCUT2D eigenvalue weighted by atomic mass is 9.94. The zero-order valence-electron chi connectivity index (χ0n) is 30.8. The predicted octanol–water partition coefficient (Wildman–Crippen LogP) is 11.3. The Morgan fingerprint density at radius 1 is 0.250 bits per heavy atom. The van der Waals surface area contributed by atoms with Crippen LogP contribution in [0.5, 0.6) is 0 Å². The highest BCUT2D eigenvalue weighted by atomic mass is 28.3. The molecule has 10 aromatic carbocycles. The molecule has 0 aliphatic heterocycles. The number of aromatic nitrogens is 1. The summed E-state index contributed by atoms with van der Waals surface area (Å²) in [6, 6.07) is 83.8. The van der Waals surface area contributed by atoms with E-state index in [0.717, 1.165) is 0 Å². The molecule has 0 saturated heterocycles. The van der Waals surface area contributed by atoms with Crippen molar-refractivity contribution in [2.75, 3.05) is 0 Å². The van der Waals surface area contributed by atoms with Gasteiger partial charge in [0.25, 0.3) is 0 Å². The van der Waals surface area contributed by atoms with Crippen LogP contribution >= 0.6 is 0 Å². The molecule has 0 aliphatic rings. The second kappa shape index (κ2) is 13.1. The Morgan fingerprint density at radius 2 is 0.661 bits per heavy atom. The lowest BCUT2D eigenvalue weighted by Gasteiger charge is -2.35. The molecule has 262 valence electrons. The van der Waals surface area contributed by atoms with Crippen molar-refractivity contribution in [3.8, 4) is 16.8 Å². The predicted molar refractivity (Wildman–Crippen MR) is 242 cm³/mol. The second-order valence-electron chi connectivity index (χ2n) is 14.8. The maximum Gasteiger partial charge on any atom is 0.179 e. The number of hydrogen-bond donors (Lipinski definition) is 0. The van der Waals surface area contributed by atoms with Crippen LogP contribution in [0.4, 0.5) is 0 Å². The van der Waals surface area contributed by atoms with E-state index in [-0.39, 0.29) is 0 Å². The molecule has 0 fully saturated rings. The molecular formula is C54H37NSi. The van der Waals surface area contributed by atoms with Gasteiger partial charge in [0.1, 0.15) is 0 Å². The molecule has 56 heavy (non-hydrogen) atoms. The quantitative estimate of drug-likeness (QED) is 0.0913. The van der Waals surface area contributed by atoms with Crippen LogP contribution in [-0.4, -0.2) is 12.6 Å². The first-order valence-electron chi connectivity index (χ1n) is 19.4. The summed E-state index contributed by atoms with van der Waals surface area (Å²) in [5.74, 6) is 0. The largest absolute Gasteiger partial charge is 0.309 e. The highest BCUT2D eigenvalue weighted by molar-refractivity contribution is 7.20. The normalized spacial score (nSPS) is 12.8. The van der Waals surface area contributed by atoms with Crippen molar-refractivity contribution in [3.05, 3.63) is 224 Å². The molecule has 0 saturated carbocycles. The molecule has 0 amide bonds. The number of rotatable bonds is 6. The van der Waals surface area contributed by atoms with Crippen LogP contribution in [-0.2, 0) is 0 Å². The van der Waals surface area contributed by atoms with Gasteiger partial charge >= 0.3 is 0 Å². The van der Waals surface area contributed by atoms with Crippen molar-refractivity contribution in [1.29, 1.82) is 0 Å². The van der Waals surface area contributed by atoms with Crippen molar-refractivity contribution in [3.63, 3.8) is 0 Å². The van der Waals surface area contributed by atoms with Gasteiger partial charge in [-0.2, -0.15) is 0 Å². The summed E-state index contributed by atoms with van der Waals surface area (Å²) in [5, 5.41) is 15.8. The molecule has 1 atom stereocenters. The Balaban J connectivity index is 1.26. The molecule has 1 nitrogen and oxygen atoms in total. The number of para-hydroxylation sites is 2. The van der Waals surface area contributed by atoms with Gasteiger partial charge in [-0.25, -0.2) is 0 Å². The summed E-state index contributed by atoms with van der Waals surface area (Å²) in [5.41, 5.74) is 6.05. The lowest BCUT2D eigenvalue weighted by Crippen LogP contribution is -2.74. The van der Waals surface area contributed by atoms with Gasteiger partial charge in [-0.1, -0.05) is 200 Å². The molecule has 0 N–H and O–H groups in total. The van der Waals surface area contributed by atoms with E-state index >= 15 is 0 Å². The molecule has 0 spiro atoms. The lowest BCUT2D eigenvalue weighted by molar-refractivity contribution is 1.18. The van der Waals surface area contributed by atoms with E-state index in [1.165, 1.54) is 91.7 Å². The van der Waals surface area contributed by atoms with Crippen LogP contribution in [0.3, 0.4) is 0 Å². The van der Waals surface area contributed by atoms with Gasteiger partial charge < -0.3 is 4.57 Å². The molecule has 0 radical (unpaired) electrons. The summed E-state index contributed by atoms with van der Waals surface area (Å²) in [7, 11) is -2.98. The standard InChI is InChI=1S/C54H37NSi/c1-4-16-38(17-5-1)39-28-30-42(31-29-39)56(41-20-8-3-9-21-41,43-32-34-49-47-24-11-10-22-45(47)46-23-12-13-25-48(46)51(49)36-43)44-33-35-54-52(37-44)50-26-14-15-27-53(50)55(54)40-18-6-2-7-19-40/h1-37H. The van der Waals surface area contributed by atoms with E-state index in [1.807, 2.05) is 0 Å². The SMILES string of the molecule is c1ccc(-c2ccc([Si](c3ccccc3)(c3ccc4c5ccccc5c5ccccc5c4c3)c3ccc4c(c3)c3ccccc3n4-c3ccccc3)cc2)cc1. The first kappa shape index (κ1) is 32.4. The van der Waals surface area contributed by atoms with E-state index < -0.39 is 8.07 Å². The molecule has 0 aliphatic carbocycles. The van der Waals surface area contributed by atoms with Gasteiger partial charge in [0.2, 0.25) is 0 Å². The molecule has 2 heteroatoms. The van der Waals surface area contributed by atoms with Gasteiger partial charge in [0, 0.05) is 16.5 Å². The maximum atomic E-state index is 2.55. The number of fused-ring (bicyclic) bond motifs is 9. The first-order valence-corrected chi connectivity index (χ1v) is 21.4. The zero-order valence-corrected chi connectivity index (χ0v) is 31.8.